The molecular formula is C29H29ClN4O4. The normalized spacial score (nSPS) is 18.7. The number of nitrogen functional groups attached to an aromatic ring is 1. The number of rotatable bonds is 6. The standard InChI is InChI=1S/C29H29ClN4O4/c1-29(18-33-26(35)9-3-19-2-8-25(31)32-17-19)16-23-14-22(15-24(30)27(23)38-29)20-4-6-21(7-5-20)28(36)34-10-12-37-13-11-34/h2-9,14-15,17H,10-13,16,18H2,1H3,(H2,31,32)(H,33,35). The van der Waals surface area contributed by atoms with Gasteiger partial charge in [-0.05, 0) is 66.1 Å². The molecule has 9 heteroatoms. The largest absolute Gasteiger partial charge is 0.484 e. The van der Waals surface area contributed by atoms with Gasteiger partial charge in [-0.3, -0.25) is 9.59 Å². The molecule has 2 aromatic carbocycles. The van der Waals surface area contributed by atoms with E-state index in [-0.39, 0.29) is 11.8 Å². The molecule has 5 rings (SSSR count). The van der Waals surface area contributed by atoms with Gasteiger partial charge in [-0.2, -0.15) is 0 Å². The van der Waals surface area contributed by atoms with Crippen LogP contribution in [0, 0.1) is 0 Å². The number of carbonyl (C=O) groups excluding carboxylic acids is 2. The number of hydrogen-bond donors (Lipinski definition) is 2. The molecule has 2 amide bonds. The number of hydrogen-bond acceptors (Lipinski definition) is 6. The van der Waals surface area contributed by atoms with Gasteiger partial charge in [0.05, 0.1) is 24.8 Å². The second kappa shape index (κ2) is 10.8. The number of carbonyl (C=O) groups is 2. The average Bonchev–Trinajstić information content (AvgIpc) is 3.29. The monoisotopic (exact) mass is 532 g/mol. The highest BCUT2D eigenvalue weighted by molar-refractivity contribution is 6.32. The van der Waals surface area contributed by atoms with Gasteiger partial charge in [0, 0.05) is 42.9 Å². The van der Waals surface area contributed by atoms with Crippen molar-refractivity contribution in [3.63, 3.8) is 0 Å². The van der Waals surface area contributed by atoms with Crippen molar-refractivity contribution in [3.05, 3.63) is 82.5 Å². The van der Waals surface area contributed by atoms with Gasteiger partial charge in [0.1, 0.15) is 17.2 Å². The molecule has 3 heterocycles. The van der Waals surface area contributed by atoms with Gasteiger partial charge in [-0.15, -0.1) is 0 Å². The van der Waals surface area contributed by atoms with E-state index >= 15 is 0 Å². The number of aromatic nitrogens is 1. The van der Waals surface area contributed by atoms with E-state index in [4.69, 9.17) is 26.8 Å². The van der Waals surface area contributed by atoms with E-state index in [9.17, 15) is 9.59 Å². The molecule has 3 aromatic rings. The topological polar surface area (TPSA) is 107 Å². The number of benzene rings is 2. The van der Waals surface area contributed by atoms with Crippen LogP contribution in [0.25, 0.3) is 17.2 Å². The summed E-state index contributed by atoms with van der Waals surface area (Å²) < 4.78 is 11.5. The van der Waals surface area contributed by atoms with E-state index in [0.29, 0.717) is 61.4 Å². The number of nitrogens with zero attached hydrogens (tertiary/aromatic N) is 2. The molecule has 38 heavy (non-hydrogen) atoms. The molecule has 1 aromatic heterocycles. The Labute approximate surface area is 226 Å². The Morgan fingerprint density at radius 1 is 1.13 bits per heavy atom. The molecule has 8 nitrogen and oxygen atoms in total. The van der Waals surface area contributed by atoms with E-state index in [1.165, 1.54) is 6.08 Å². The number of ether oxygens (including phenoxy) is 2. The van der Waals surface area contributed by atoms with Gasteiger partial charge in [-0.25, -0.2) is 4.98 Å². The maximum Gasteiger partial charge on any atom is 0.254 e. The minimum atomic E-state index is -0.634. The van der Waals surface area contributed by atoms with Crippen molar-refractivity contribution in [2.75, 3.05) is 38.6 Å². The minimum Gasteiger partial charge on any atom is -0.484 e. The third kappa shape index (κ3) is 5.82. The molecule has 0 spiro atoms. The van der Waals surface area contributed by atoms with E-state index in [2.05, 4.69) is 16.4 Å². The molecule has 3 N–H and O–H groups in total. The number of nitrogens with one attached hydrogen (secondary N) is 1. The van der Waals surface area contributed by atoms with Crippen molar-refractivity contribution in [1.82, 2.24) is 15.2 Å². The number of nitrogens with two attached hydrogens (primary N) is 1. The maximum absolute atomic E-state index is 12.8. The first-order valence-corrected chi connectivity index (χ1v) is 12.8. The van der Waals surface area contributed by atoms with Crippen molar-refractivity contribution < 1.29 is 19.1 Å². The van der Waals surface area contributed by atoms with Crippen molar-refractivity contribution >= 4 is 35.3 Å². The van der Waals surface area contributed by atoms with Crippen LogP contribution in [0.5, 0.6) is 5.75 Å². The lowest BCUT2D eigenvalue weighted by Crippen LogP contribution is -2.43. The first-order chi connectivity index (χ1) is 18.3. The zero-order valence-electron chi connectivity index (χ0n) is 21.1. The Bertz CT molecular complexity index is 1370. The Kier molecular flexibility index (Phi) is 7.35. The number of fused-ring (bicyclic) bond motifs is 1. The number of morpholine rings is 1. The molecule has 196 valence electrons. The van der Waals surface area contributed by atoms with Crippen LogP contribution >= 0.6 is 11.6 Å². The number of amides is 2. The SMILES string of the molecule is CC1(CNC(=O)C=Cc2ccc(N)nc2)Cc2cc(-c3ccc(C(=O)N4CCOCC4)cc3)cc(Cl)c2O1. The van der Waals surface area contributed by atoms with Crippen LogP contribution in [0.3, 0.4) is 0 Å². The average molecular weight is 533 g/mol. The number of halogens is 1. The second-order valence-corrected chi connectivity index (χ2v) is 10.1. The molecule has 2 aliphatic rings. The van der Waals surface area contributed by atoms with E-state index in [0.717, 1.165) is 22.3 Å². The summed E-state index contributed by atoms with van der Waals surface area (Å²) in [4.78, 5) is 31.0. The minimum absolute atomic E-state index is 0.0121. The predicted octanol–water partition coefficient (Wildman–Crippen LogP) is 3.98. The summed E-state index contributed by atoms with van der Waals surface area (Å²) in [5.74, 6) is 0.837. The van der Waals surface area contributed by atoms with Crippen LogP contribution in [-0.4, -0.2) is 60.1 Å². The van der Waals surface area contributed by atoms with Gasteiger partial charge in [0.2, 0.25) is 5.91 Å². The smallest absolute Gasteiger partial charge is 0.254 e. The third-order valence-electron chi connectivity index (χ3n) is 6.67. The molecule has 2 aliphatic heterocycles. The number of pyridine rings is 1. The van der Waals surface area contributed by atoms with Gasteiger partial charge in [0.15, 0.2) is 0 Å². The molecule has 0 saturated carbocycles. The molecular weight excluding hydrogens is 504 g/mol. The summed E-state index contributed by atoms with van der Waals surface area (Å²) in [5.41, 5.74) is 9.26. The summed E-state index contributed by atoms with van der Waals surface area (Å²) in [7, 11) is 0. The molecule has 1 saturated heterocycles. The Morgan fingerprint density at radius 2 is 1.89 bits per heavy atom. The van der Waals surface area contributed by atoms with E-state index in [1.54, 1.807) is 24.4 Å². The van der Waals surface area contributed by atoms with Crippen molar-refractivity contribution in [1.29, 1.82) is 0 Å². The summed E-state index contributed by atoms with van der Waals surface area (Å²) in [5, 5.41) is 3.42. The molecule has 1 unspecified atom stereocenters. The molecule has 1 fully saturated rings. The molecule has 0 aliphatic carbocycles. The van der Waals surface area contributed by atoms with Crippen LogP contribution < -0.4 is 15.8 Å². The fourth-order valence-electron chi connectivity index (χ4n) is 4.62. The first kappa shape index (κ1) is 25.8. The third-order valence-corrected chi connectivity index (χ3v) is 6.95. The maximum atomic E-state index is 12.8. The second-order valence-electron chi connectivity index (χ2n) is 9.72. The van der Waals surface area contributed by atoms with Crippen LogP contribution in [0.2, 0.25) is 5.02 Å². The van der Waals surface area contributed by atoms with Crippen LogP contribution in [-0.2, 0) is 16.0 Å². The predicted molar refractivity (Wildman–Crippen MR) is 147 cm³/mol. The Hall–Kier alpha value is -3.88. The summed E-state index contributed by atoms with van der Waals surface area (Å²) >= 11 is 6.62. The lowest BCUT2D eigenvalue weighted by molar-refractivity contribution is -0.117. The zero-order chi connectivity index (χ0) is 26.7. The summed E-state index contributed by atoms with van der Waals surface area (Å²) in [6, 6.07) is 15.0. The highest BCUT2D eigenvalue weighted by Gasteiger charge is 2.36. The van der Waals surface area contributed by atoms with Gasteiger partial charge < -0.3 is 25.4 Å². The Balaban J connectivity index is 1.23. The van der Waals surface area contributed by atoms with Gasteiger partial charge in [-0.1, -0.05) is 23.7 Å². The van der Waals surface area contributed by atoms with Crippen LogP contribution in [0.1, 0.15) is 28.4 Å². The molecule has 0 radical (unpaired) electrons. The van der Waals surface area contributed by atoms with Crippen molar-refractivity contribution in [3.8, 4) is 16.9 Å². The fraction of sp³-hybridized carbons (Fsp3) is 0.276. The van der Waals surface area contributed by atoms with Crippen molar-refractivity contribution in [2.45, 2.75) is 18.9 Å². The lowest BCUT2D eigenvalue weighted by Gasteiger charge is -2.26. The highest BCUT2D eigenvalue weighted by Crippen LogP contribution is 2.43. The lowest BCUT2D eigenvalue weighted by atomic mass is 9.96. The molecule has 0 bridgehead atoms. The Morgan fingerprint density at radius 3 is 2.61 bits per heavy atom. The van der Waals surface area contributed by atoms with Gasteiger partial charge >= 0.3 is 0 Å². The van der Waals surface area contributed by atoms with E-state index in [1.807, 2.05) is 42.2 Å². The summed E-state index contributed by atoms with van der Waals surface area (Å²) in [6.07, 6.45) is 5.33. The van der Waals surface area contributed by atoms with Crippen LogP contribution in [0.4, 0.5) is 5.82 Å². The van der Waals surface area contributed by atoms with Gasteiger partial charge in [0.25, 0.3) is 5.91 Å². The number of anilines is 1. The zero-order valence-corrected chi connectivity index (χ0v) is 21.8. The summed E-state index contributed by atoms with van der Waals surface area (Å²) in [6.45, 7) is 4.62. The van der Waals surface area contributed by atoms with Crippen LogP contribution in [0.15, 0.2) is 60.8 Å². The highest BCUT2D eigenvalue weighted by atomic mass is 35.5. The quantitative estimate of drug-likeness (QED) is 0.465. The molecule has 1 atom stereocenters. The fourth-order valence-corrected chi connectivity index (χ4v) is 4.90. The van der Waals surface area contributed by atoms with Crippen molar-refractivity contribution in [2.24, 2.45) is 0 Å². The van der Waals surface area contributed by atoms with E-state index < -0.39 is 5.60 Å². The first-order valence-electron chi connectivity index (χ1n) is 12.5.